The number of nitrogens with one attached hydrogen (secondary N) is 2. The highest BCUT2D eigenvalue weighted by molar-refractivity contribution is 6.34. The van der Waals surface area contributed by atoms with E-state index in [0.29, 0.717) is 28.4 Å². The lowest BCUT2D eigenvalue weighted by atomic mass is 10.2. The van der Waals surface area contributed by atoms with Crippen LogP contribution in [0.3, 0.4) is 0 Å². The summed E-state index contributed by atoms with van der Waals surface area (Å²) in [6.45, 7) is 1.93. The van der Waals surface area contributed by atoms with Crippen LogP contribution >= 0.6 is 11.6 Å². The molecule has 3 aromatic rings. The van der Waals surface area contributed by atoms with Crippen molar-refractivity contribution >= 4 is 45.8 Å². The maximum atomic E-state index is 12.4. The Morgan fingerprint density at radius 1 is 1.08 bits per heavy atom. The molecular weight excluding hydrogens is 340 g/mol. The van der Waals surface area contributed by atoms with Crippen molar-refractivity contribution in [2.24, 2.45) is 0 Å². The molecule has 0 aliphatic heterocycles. The number of benzene rings is 2. The molecule has 2 N–H and O–H groups in total. The highest BCUT2D eigenvalue weighted by atomic mass is 35.5. The van der Waals surface area contributed by atoms with E-state index in [1.54, 1.807) is 30.3 Å². The fourth-order valence-corrected chi connectivity index (χ4v) is 2.59. The number of rotatable bonds is 5. The SMILES string of the molecule is CCCC(=O)Nc1ccc(Cl)c(NC(=O)c2cc3ccccc3o2)c1. The van der Waals surface area contributed by atoms with Gasteiger partial charge >= 0.3 is 0 Å². The van der Waals surface area contributed by atoms with Gasteiger partial charge in [0.05, 0.1) is 10.7 Å². The van der Waals surface area contributed by atoms with E-state index in [2.05, 4.69) is 10.6 Å². The number of halogens is 1. The van der Waals surface area contributed by atoms with Crippen LogP contribution in [0.1, 0.15) is 30.3 Å². The van der Waals surface area contributed by atoms with E-state index in [1.165, 1.54) is 0 Å². The zero-order valence-corrected chi connectivity index (χ0v) is 14.4. The third-order valence-electron chi connectivity index (χ3n) is 3.62. The molecule has 0 unspecified atom stereocenters. The topological polar surface area (TPSA) is 71.3 Å². The van der Waals surface area contributed by atoms with Gasteiger partial charge < -0.3 is 15.1 Å². The summed E-state index contributed by atoms with van der Waals surface area (Å²) in [5.74, 6) is -0.299. The zero-order valence-electron chi connectivity index (χ0n) is 13.6. The number of carbonyl (C=O) groups excluding carboxylic acids is 2. The Morgan fingerprint density at radius 3 is 2.64 bits per heavy atom. The molecule has 0 bridgehead atoms. The van der Waals surface area contributed by atoms with Gasteiger partial charge in [0.2, 0.25) is 5.91 Å². The van der Waals surface area contributed by atoms with Gasteiger partial charge in [0, 0.05) is 17.5 Å². The van der Waals surface area contributed by atoms with Gasteiger partial charge in [0.15, 0.2) is 5.76 Å². The first-order valence-electron chi connectivity index (χ1n) is 7.96. The minimum absolute atomic E-state index is 0.0839. The molecule has 6 heteroatoms. The van der Waals surface area contributed by atoms with Crippen LogP contribution in [-0.4, -0.2) is 11.8 Å². The normalized spacial score (nSPS) is 10.6. The third-order valence-corrected chi connectivity index (χ3v) is 3.95. The lowest BCUT2D eigenvalue weighted by molar-refractivity contribution is -0.116. The Labute approximate surface area is 150 Å². The fraction of sp³-hybridized carbons (Fsp3) is 0.158. The highest BCUT2D eigenvalue weighted by Gasteiger charge is 2.14. The van der Waals surface area contributed by atoms with E-state index in [0.717, 1.165) is 11.8 Å². The molecule has 0 atom stereocenters. The van der Waals surface area contributed by atoms with Gasteiger partial charge in [-0.3, -0.25) is 9.59 Å². The Bertz CT molecular complexity index is 900. The van der Waals surface area contributed by atoms with Crippen LogP contribution in [0.15, 0.2) is 52.9 Å². The molecule has 0 aliphatic rings. The number of anilines is 2. The number of hydrogen-bond donors (Lipinski definition) is 2. The molecule has 1 aromatic heterocycles. The van der Waals surface area contributed by atoms with Gasteiger partial charge in [-0.15, -0.1) is 0 Å². The lowest BCUT2D eigenvalue weighted by Crippen LogP contribution is -2.13. The predicted octanol–water partition coefficient (Wildman–Crippen LogP) is 5.08. The number of fused-ring (bicyclic) bond motifs is 1. The van der Waals surface area contributed by atoms with Gasteiger partial charge in [0.1, 0.15) is 5.58 Å². The highest BCUT2D eigenvalue weighted by Crippen LogP contribution is 2.27. The second kappa shape index (κ2) is 7.40. The van der Waals surface area contributed by atoms with Crippen molar-refractivity contribution in [3.8, 4) is 0 Å². The molecule has 128 valence electrons. The molecule has 0 saturated carbocycles. The van der Waals surface area contributed by atoms with Gasteiger partial charge in [-0.2, -0.15) is 0 Å². The van der Waals surface area contributed by atoms with E-state index in [1.807, 2.05) is 25.1 Å². The number of para-hydroxylation sites is 1. The van der Waals surface area contributed by atoms with Crippen LogP contribution < -0.4 is 10.6 Å². The van der Waals surface area contributed by atoms with Crippen LogP contribution in [0.5, 0.6) is 0 Å². The lowest BCUT2D eigenvalue weighted by Gasteiger charge is -2.09. The number of hydrogen-bond acceptors (Lipinski definition) is 3. The third kappa shape index (κ3) is 4.00. The summed E-state index contributed by atoms with van der Waals surface area (Å²) in [4.78, 5) is 24.1. The van der Waals surface area contributed by atoms with Crippen LogP contribution in [0.4, 0.5) is 11.4 Å². The number of carbonyl (C=O) groups is 2. The summed E-state index contributed by atoms with van der Waals surface area (Å²) in [6.07, 6.45) is 1.19. The first kappa shape index (κ1) is 17.0. The van der Waals surface area contributed by atoms with Crippen LogP contribution in [0.25, 0.3) is 11.0 Å². The van der Waals surface area contributed by atoms with E-state index in [-0.39, 0.29) is 11.7 Å². The molecule has 0 saturated heterocycles. The summed E-state index contributed by atoms with van der Waals surface area (Å²) < 4.78 is 5.54. The number of amides is 2. The Morgan fingerprint density at radius 2 is 1.88 bits per heavy atom. The molecule has 0 fully saturated rings. The predicted molar refractivity (Wildman–Crippen MR) is 99.2 cm³/mol. The Kier molecular flexibility index (Phi) is 5.05. The second-order valence-corrected chi connectivity index (χ2v) is 6.00. The standard InChI is InChI=1S/C19H17ClN2O3/c1-2-5-18(23)21-13-8-9-14(20)15(11-13)22-19(24)17-10-12-6-3-4-7-16(12)25-17/h3-4,6-11H,2,5H2,1H3,(H,21,23)(H,22,24). The molecule has 0 radical (unpaired) electrons. The summed E-state index contributed by atoms with van der Waals surface area (Å²) in [5, 5.41) is 6.71. The number of furan rings is 1. The van der Waals surface area contributed by atoms with Crippen molar-refractivity contribution in [1.82, 2.24) is 0 Å². The van der Waals surface area contributed by atoms with Crippen LogP contribution in [0.2, 0.25) is 5.02 Å². The summed E-state index contributed by atoms with van der Waals surface area (Å²) >= 11 is 6.15. The average molecular weight is 357 g/mol. The maximum absolute atomic E-state index is 12.4. The van der Waals surface area contributed by atoms with E-state index < -0.39 is 5.91 Å². The van der Waals surface area contributed by atoms with Crippen LogP contribution in [-0.2, 0) is 4.79 Å². The average Bonchev–Trinajstić information content (AvgIpc) is 3.02. The van der Waals surface area contributed by atoms with Gasteiger partial charge in [-0.05, 0) is 36.8 Å². The van der Waals surface area contributed by atoms with Crippen molar-refractivity contribution < 1.29 is 14.0 Å². The molecule has 2 amide bonds. The molecule has 0 aliphatic carbocycles. The molecule has 5 nitrogen and oxygen atoms in total. The summed E-state index contributed by atoms with van der Waals surface area (Å²) in [6, 6.07) is 14.0. The van der Waals surface area contributed by atoms with E-state index in [4.69, 9.17) is 16.0 Å². The van der Waals surface area contributed by atoms with Crippen molar-refractivity contribution in [2.45, 2.75) is 19.8 Å². The summed E-state index contributed by atoms with van der Waals surface area (Å²) in [5.41, 5.74) is 1.61. The van der Waals surface area contributed by atoms with Crippen LogP contribution in [0, 0.1) is 0 Å². The monoisotopic (exact) mass is 356 g/mol. The zero-order chi connectivity index (χ0) is 17.8. The quantitative estimate of drug-likeness (QED) is 0.669. The van der Waals surface area contributed by atoms with E-state index in [9.17, 15) is 9.59 Å². The largest absolute Gasteiger partial charge is 0.451 e. The Balaban J connectivity index is 1.79. The first-order valence-corrected chi connectivity index (χ1v) is 8.34. The first-order chi connectivity index (χ1) is 12.1. The molecule has 1 heterocycles. The molecule has 2 aromatic carbocycles. The van der Waals surface area contributed by atoms with E-state index >= 15 is 0 Å². The summed E-state index contributed by atoms with van der Waals surface area (Å²) in [7, 11) is 0. The molecule has 3 rings (SSSR count). The van der Waals surface area contributed by atoms with Crippen molar-refractivity contribution in [3.63, 3.8) is 0 Å². The minimum Gasteiger partial charge on any atom is -0.451 e. The van der Waals surface area contributed by atoms with Crippen molar-refractivity contribution in [1.29, 1.82) is 0 Å². The second-order valence-electron chi connectivity index (χ2n) is 5.60. The molecule has 0 spiro atoms. The van der Waals surface area contributed by atoms with Crippen molar-refractivity contribution in [2.75, 3.05) is 10.6 Å². The minimum atomic E-state index is -0.407. The fourth-order valence-electron chi connectivity index (χ4n) is 2.43. The Hall–Kier alpha value is -2.79. The molecular formula is C19H17ClN2O3. The van der Waals surface area contributed by atoms with Gasteiger partial charge in [-0.1, -0.05) is 36.7 Å². The van der Waals surface area contributed by atoms with Gasteiger partial charge in [-0.25, -0.2) is 0 Å². The molecule has 25 heavy (non-hydrogen) atoms. The smallest absolute Gasteiger partial charge is 0.291 e. The maximum Gasteiger partial charge on any atom is 0.291 e. The van der Waals surface area contributed by atoms with Crippen molar-refractivity contribution in [3.05, 3.63) is 59.3 Å². The van der Waals surface area contributed by atoms with Gasteiger partial charge in [0.25, 0.3) is 5.91 Å².